The molecule has 1 amide bonds. The van der Waals surface area contributed by atoms with Crippen LogP contribution in [0.5, 0.6) is 0 Å². The van der Waals surface area contributed by atoms with E-state index in [4.69, 9.17) is 4.74 Å². The van der Waals surface area contributed by atoms with Gasteiger partial charge in [0.2, 0.25) is 0 Å². The molecule has 0 aliphatic heterocycles. The number of rotatable bonds is 5. The molecule has 0 unspecified atom stereocenters. The predicted molar refractivity (Wildman–Crippen MR) is 50.9 cm³/mol. The third kappa shape index (κ3) is 3.52. The molecule has 0 aliphatic carbocycles. The average Bonchev–Trinajstić information content (AvgIpc) is 2.65. The van der Waals surface area contributed by atoms with Gasteiger partial charge in [0.15, 0.2) is 0 Å². The van der Waals surface area contributed by atoms with E-state index in [0.29, 0.717) is 25.5 Å². The molecule has 1 heterocycles. The van der Waals surface area contributed by atoms with Crippen molar-refractivity contribution in [3.05, 3.63) is 16.6 Å². The lowest BCUT2D eigenvalue weighted by molar-refractivity contribution is 0.0918. The van der Waals surface area contributed by atoms with Crippen LogP contribution in [0.15, 0.2) is 10.9 Å². The molecule has 0 aromatic carbocycles. The summed E-state index contributed by atoms with van der Waals surface area (Å²) in [6.07, 6.45) is 0. The summed E-state index contributed by atoms with van der Waals surface area (Å²) < 4.78 is 5.07. The largest absolute Gasteiger partial charge is 0.380 e. The second-order valence-corrected chi connectivity index (χ2v) is 3.05. The van der Waals surface area contributed by atoms with Crippen molar-refractivity contribution in [2.75, 3.05) is 19.8 Å². The highest BCUT2D eigenvalue weighted by Gasteiger charge is 2.05. The molecule has 0 saturated carbocycles. The van der Waals surface area contributed by atoms with Gasteiger partial charge in [-0.2, -0.15) is 0 Å². The number of thiazole rings is 1. The maximum absolute atomic E-state index is 11.2. The van der Waals surface area contributed by atoms with Gasteiger partial charge < -0.3 is 10.1 Å². The summed E-state index contributed by atoms with van der Waals surface area (Å²) in [5.41, 5.74) is 2.11. The van der Waals surface area contributed by atoms with E-state index in [1.165, 1.54) is 11.3 Å². The Morgan fingerprint density at radius 2 is 2.62 bits per heavy atom. The quantitative estimate of drug-likeness (QED) is 0.719. The first-order valence-electron chi connectivity index (χ1n) is 4.08. The van der Waals surface area contributed by atoms with Gasteiger partial charge >= 0.3 is 0 Å². The maximum Gasteiger partial charge on any atom is 0.270 e. The van der Waals surface area contributed by atoms with Crippen LogP contribution in [0.2, 0.25) is 0 Å². The van der Waals surface area contributed by atoms with Gasteiger partial charge in [-0.05, 0) is 6.92 Å². The van der Waals surface area contributed by atoms with Crippen LogP contribution in [0.25, 0.3) is 0 Å². The number of hydrogen-bond donors (Lipinski definition) is 1. The van der Waals surface area contributed by atoms with Crippen molar-refractivity contribution >= 4 is 17.2 Å². The Kier molecular flexibility index (Phi) is 4.42. The molecule has 1 aromatic heterocycles. The van der Waals surface area contributed by atoms with Gasteiger partial charge in [0.25, 0.3) is 5.91 Å². The SMILES string of the molecule is CCOCCNC(=O)c1cscn1. The molecule has 4 nitrogen and oxygen atoms in total. The van der Waals surface area contributed by atoms with E-state index in [1.54, 1.807) is 10.9 Å². The molecule has 72 valence electrons. The van der Waals surface area contributed by atoms with Crippen molar-refractivity contribution in [2.24, 2.45) is 0 Å². The third-order valence-corrected chi connectivity index (χ3v) is 1.99. The number of hydrogen-bond acceptors (Lipinski definition) is 4. The van der Waals surface area contributed by atoms with Crippen LogP contribution in [0.4, 0.5) is 0 Å². The van der Waals surface area contributed by atoms with Gasteiger partial charge in [0.05, 0.1) is 12.1 Å². The Morgan fingerprint density at radius 1 is 1.77 bits per heavy atom. The molecule has 0 fully saturated rings. The second kappa shape index (κ2) is 5.66. The number of amides is 1. The summed E-state index contributed by atoms with van der Waals surface area (Å²) >= 11 is 1.41. The molecule has 5 heteroatoms. The molecule has 0 radical (unpaired) electrons. The molecule has 1 rings (SSSR count). The molecule has 13 heavy (non-hydrogen) atoms. The molecule has 0 spiro atoms. The van der Waals surface area contributed by atoms with Crippen molar-refractivity contribution in [3.63, 3.8) is 0 Å². The van der Waals surface area contributed by atoms with Crippen LogP contribution >= 0.6 is 11.3 Å². The number of carbonyl (C=O) groups excluding carboxylic acids is 1. The van der Waals surface area contributed by atoms with Crippen molar-refractivity contribution in [3.8, 4) is 0 Å². The van der Waals surface area contributed by atoms with Gasteiger partial charge in [-0.3, -0.25) is 4.79 Å². The highest BCUT2D eigenvalue weighted by molar-refractivity contribution is 7.07. The fourth-order valence-electron chi connectivity index (χ4n) is 0.796. The van der Waals surface area contributed by atoms with Crippen LogP contribution < -0.4 is 5.32 Å². The summed E-state index contributed by atoms with van der Waals surface area (Å²) in [5, 5.41) is 4.42. The first kappa shape index (κ1) is 10.1. The Hall–Kier alpha value is -0.940. The number of aromatic nitrogens is 1. The lowest BCUT2D eigenvalue weighted by Crippen LogP contribution is -2.27. The van der Waals surface area contributed by atoms with Gasteiger partial charge in [-0.15, -0.1) is 11.3 Å². The molecule has 0 atom stereocenters. The van der Waals surface area contributed by atoms with E-state index in [0.717, 1.165) is 0 Å². The molecule has 1 aromatic rings. The normalized spacial score (nSPS) is 9.92. The first-order chi connectivity index (χ1) is 6.34. The summed E-state index contributed by atoms with van der Waals surface area (Å²) in [5.74, 6) is -0.138. The number of nitrogens with zero attached hydrogens (tertiary/aromatic N) is 1. The minimum atomic E-state index is -0.138. The van der Waals surface area contributed by atoms with E-state index >= 15 is 0 Å². The van der Waals surface area contributed by atoms with E-state index in [9.17, 15) is 4.79 Å². The van der Waals surface area contributed by atoms with E-state index in [1.807, 2.05) is 6.92 Å². The fourth-order valence-corrected chi connectivity index (χ4v) is 1.33. The summed E-state index contributed by atoms with van der Waals surface area (Å²) in [7, 11) is 0. The number of ether oxygens (including phenoxy) is 1. The summed E-state index contributed by atoms with van der Waals surface area (Å²) in [4.78, 5) is 15.1. The van der Waals surface area contributed by atoms with Crippen LogP contribution in [-0.2, 0) is 4.74 Å². The highest BCUT2D eigenvalue weighted by atomic mass is 32.1. The van der Waals surface area contributed by atoms with Crippen LogP contribution in [0.3, 0.4) is 0 Å². The monoisotopic (exact) mass is 200 g/mol. The zero-order valence-corrected chi connectivity index (χ0v) is 8.26. The molecule has 0 aliphatic rings. The first-order valence-corrected chi connectivity index (χ1v) is 5.03. The van der Waals surface area contributed by atoms with E-state index in [-0.39, 0.29) is 5.91 Å². The van der Waals surface area contributed by atoms with Crippen LogP contribution in [0, 0.1) is 0 Å². The Labute approximate surface area is 80.9 Å². The predicted octanol–water partition coefficient (Wildman–Crippen LogP) is 0.909. The van der Waals surface area contributed by atoms with Gasteiger partial charge in [-0.1, -0.05) is 0 Å². The molecular formula is C8H12N2O2S. The second-order valence-electron chi connectivity index (χ2n) is 2.33. The Morgan fingerprint density at radius 3 is 3.23 bits per heavy atom. The molecule has 0 saturated heterocycles. The Balaban J connectivity index is 2.19. The smallest absolute Gasteiger partial charge is 0.270 e. The van der Waals surface area contributed by atoms with Crippen LogP contribution in [-0.4, -0.2) is 30.6 Å². The zero-order valence-electron chi connectivity index (χ0n) is 7.45. The molecule has 0 bridgehead atoms. The topological polar surface area (TPSA) is 51.2 Å². The highest BCUT2D eigenvalue weighted by Crippen LogP contribution is 1.99. The molecular weight excluding hydrogens is 188 g/mol. The summed E-state index contributed by atoms with van der Waals surface area (Å²) in [6, 6.07) is 0. The molecule has 1 N–H and O–H groups in total. The number of nitrogens with one attached hydrogen (secondary N) is 1. The van der Waals surface area contributed by atoms with Crippen molar-refractivity contribution in [2.45, 2.75) is 6.92 Å². The lowest BCUT2D eigenvalue weighted by Gasteiger charge is -2.02. The third-order valence-electron chi connectivity index (χ3n) is 1.40. The zero-order chi connectivity index (χ0) is 9.52. The Bertz CT molecular complexity index is 249. The standard InChI is InChI=1S/C8H12N2O2S/c1-2-12-4-3-9-8(11)7-5-13-6-10-7/h5-6H,2-4H2,1H3,(H,9,11). The van der Waals surface area contributed by atoms with Gasteiger partial charge in [-0.25, -0.2) is 4.98 Å². The fraction of sp³-hybridized carbons (Fsp3) is 0.500. The summed E-state index contributed by atoms with van der Waals surface area (Å²) in [6.45, 7) is 3.67. The van der Waals surface area contributed by atoms with Crippen LogP contribution in [0.1, 0.15) is 17.4 Å². The van der Waals surface area contributed by atoms with Crippen molar-refractivity contribution < 1.29 is 9.53 Å². The minimum Gasteiger partial charge on any atom is -0.380 e. The van der Waals surface area contributed by atoms with Crippen molar-refractivity contribution in [1.29, 1.82) is 0 Å². The van der Waals surface area contributed by atoms with Gasteiger partial charge in [0.1, 0.15) is 5.69 Å². The number of carbonyl (C=O) groups is 1. The average molecular weight is 200 g/mol. The lowest BCUT2D eigenvalue weighted by atomic mass is 10.4. The minimum absolute atomic E-state index is 0.138. The van der Waals surface area contributed by atoms with Gasteiger partial charge in [0, 0.05) is 18.5 Å². The van der Waals surface area contributed by atoms with E-state index in [2.05, 4.69) is 10.3 Å². The van der Waals surface area contributed by atoms with Crippen molar-refractivity contribution in [1.82, 2.24) is 10.3 Å². The van der Waals surface area contributed by atoms with E-state index < -0.39 is 0 Å². The maximum atomic E-state index is 11.2.